The van der Waals surface area contributed by atoms with E-state index in [9.17, 15) is 9.90 Å². The number of aliphatic hydroxyl groups is 1. The summed E-state index contributed by atoms with van der Waals surface area (Å²) in [5.74, 6) is 1.04. The Morgan fingerprint density at radius 1 is 1.33 bits per heavy atom. The summed E-state index contributed by atoms with van der Waals surface area (Å²) in [6.45, 7) is 3.28. The summed E-state index contributed by atoms with van der Waals surface area (Å²) >= 11 is 0. The monoisotopic (exact) mass is 292 g/mol. The highest BCUT2D eigenvalue weighted by molar-refractivity contribution is 5.77. The molecule has 0 unspecified atom stereocenters. The highest BCUT2D eigenvalue weighted by Crippen LogP contribution is 2.09. The van der Waals surface area contributed by atoms with Gasteiger partial charge in [-0.1, -0.05) is 18.2 Å². The second kappa shape index (κ2) is 8.64. The van der Waals surface area contributed by atoms with Crippen LogP contribution in [0.15, 0.2) is 30.3 Å². The Hall–Kier alpha value is -1.59. The van der Waals surface area contributed by atoms with E-state index < -0.39 is 6.10 Å². The zero-order valence-electron chi connectivity index (χ0n) is 12.3. The number of aliphatic hydroxyl groups excluding tert-OH is 1. The van der Waals surface area contributed by atoms with Gasteiger partial charge in [0.1, 0.15) is 18.5 Å². The van der Waals surface area contributed by atoms with Crippen LogP contribution in [-0.2, 0) is 4.79 Å². The topological polar surface area (TPSA) is 61.8 Å². The van der Waals surface area contributed by atoms with Crippen LogP contribution in [0.3, 0.4) is 0 Å². The van der Waals surface area contributed by atoms with Gasteiger partial charge in [0.05, 0.1) is 0 Å². The van der Waals surface area contributed by atoms with Gasteiger partial charge in [-0.3, -0.25) is 4.79 Å². The number of para-hydroxylation sites is 1. The Morgan fingerprint density at radius 3 is 2.86 bits per heavy atom. The van der Waals surface area contributed by atoms with E-state index in [-0.39, 0.29) is 12.5 Å². The quantitative estimate of drug-likeness (QED) is 0.667. The molecule has 0 radical (unpaired) electrons. The van der Waals surface area contributed by atoms with Gasteiger partial charge in [-0.2, -0.15) is 0 Å². The fourth-order valence-electron chi connectivity index (χ4n) is 2.37. The number of nitrogens with one attached hydrogen (secondary N) is 1. The molecule has 5 heteroatoms. The zero-order chi connectivity index (χ0) is 14.9. The fraction of sp³-hybridized carbons (Fsp3) is 0.562. The van der Waals surface area contributed by atoms with Crippen molar-refractivity contribution in [1.82, 2.24) is 10.2 Å². The predicted octanol–water partition coefficient (Wildman–Crippen LogP) is 1.03. The van der Waals surface area contributed by atoms with Crippen LogP contribution in [0, 0.1) is 0 Å². The number of carbonyl (C=O) groups is 1. The van der Waals surface area contributed by atoms with Gasteiger partial charge in [-0.15, -0.1) is 0 Å². The molecule has 1 heterocycles. The SMILES string of the molecule is O=C1CCCN1CCCNC[C@@H](O)COc1ccccc1. The first-order valence-corrected chi connectivity index (χ1v) is 7.60. The third-order valence-corrected chi connectivity index (χ3v) is 3.52. The number of hydrogen-bond donors (Lipinski definition) is 2. The van der Waals surface area contributed by atoms with Crippen LogP contribution >= 0.6 is 0 Å². The van der Waals surface area contributed by atoms with Crippen molar-refractivity contribution in [1.29, 1.82) is 0 Å². The van der Waals surface area contributed by atoms with Crippen LogP contribution in [0.1, 0.15) is 19.3 Å². The van der Waals surface area contributed by atoms with Gasteiger partial charge in [0.15, 0.2) is 0 Å². The lowest BCUT2D eigenvalue weighted by Crippen LogP contribution is -2.34. The summed E-state index contributed by atoms with van der Waals surface area (Å²) in [7, 11) is 0. The molecule has 116 valence electrons. The van der Waals surface area contributed by atoms with Crippen LogP contribution in [-0.4, -0.2) is 54.8 Å². The molecular formula is C16H24N2O3. The van der Waals surface area contributed by atoms with Gasteiger partial charge in [0.25, 0.3) is 0 Å². The maximum absolute atomic E-state index is 11.4. The Morgan fingerprint density at radius 2 is 2.14 bits per heavy atom. The summed E-state index contributed by atoms with van der Waals surface area (Å²) in [4.78, 5) is 13.3. The Kier molecular flexibility index (Phi) is 6.50. The largest absolute Gasteiger partial charge is 0.491 e. The fourth-order valence-corrected chi connectivity index (χ4v) is 2.37. The lowest BCUT2D eigenvalue weighted by atomic mass is 10.3. The van der Waals surface area contributed by atoms with Crippen molar-refractivity contribution in [3.05, 3.63) is 30.3 Å². The van der Waals surface area contributed by atoms with E-state index in [1.807, 2.05) is 35.2 Å². The van der Waals surface area contributed by atoms with Crippen molar-refractivity contribution in [2.45, 2.75) is 25.4 Å². The molecule has 0 aliphatic carbocycles. The summed E-state index contributed by atoms with van der Waals surface area (Å²) in [6, 6.07) is 9.47. The number of hydrogen-bond acceptors (Lipinski definition) is 4. The maximum atomic E-state index is 11.4. The number of ether oxygens (including phenoxy) is 1. The van der Waals surface area contributed by atoms with Crippen molar-refractivity contribution in [3.63, 3.8) is 0 Å². The van der Waals surface area contributed by atoms with Crippen LogP contribution in [0.5, 0.6) is 5.75 Å². The molecule has 1 amide bonds. The standard InChI is InChI=1S/C16H24N2O3/c19-14(13-21-15-6-2-1-3-7-15)12-17-9-5-11-18-10-4-8-16(18)20/h1-3,6-7,14,17,19H,4-5,8-13H2/t14-/m1/s1. The molecule has 0 saturated carbocycles. The number of amides is 1. The molecule has 2 N–H and O–H groups in total. The number of rotatable bonds is 9. The molecule has 1 aromatic carbocycles. The average Bonchev–Trinajstić information content (AvgIpc) is 2.91. The first-order valence-electron chi connectivity index (χ1n) is 7.60. The van der Waals surface area contributed by atoms with E-state index in [4.69, 9.17) is 4.74 Å². The summed E-state index contributed by atoms with van der Waals surface area (Å²) in [5, 5.41) is 13.0. The maximum Gasteiger partial charge on any atom is 0.222 e. The lowest BCUT2D eigenvalue weighted by Gasteiger charge is -2.16. The van der Waals surface area contributed by atoms with Gasteiger partial charge in [-0.05, 0) is 31.5 Å². The van der Waals surface area contributed by atoms with E-state index >= 15 is 0 Å². The summed E-state index contributed by atoms with van der Waals surface area (Å²) in [6.07, 6.45) is 2.07. The highest BCUT2D eigenvalue weighted by Gasteiger charge is 2.18. The lowest BCUT2D eigenvalue weighted by molar-refractivity contribution is -0.127. The van der Waals surface area contributed by atoms with Crippen molar-refractivity contribution >= 4 is 5.91 Å². The van der Waals surface area contributed by atoms with Crippen molar-refractivity contribution in [2.24, 2.45) is 0 Å². The predicted molar refractivity (Wildman–Crippen MR) is 81.2 cm³/mol. The molecular weight excluding hydrogens is 268 g/mol. The third-order valence-electron chi connectivity index (χ3n) is 3.52. The van der Waals surface area contributed by atoms with Crippen molar-refractivity contribution in [3.8, 4) is 5.75 Å². The minimum atomic E-state index is -0.529. The molecule has 0 aromatic heterocycles. The van der Waals surface area contributed by atoms with Crippen molar-refractivity contribution < 1.29 is 14.6 Å². The Bertz CT molecular complexity index is 425. The van der Waals surface area contributed by atoms with Crippen LogP contribution in [0.2, 0.25) is 0 Å². The van der Waals surface area contributed by atoms with Gasteiger partial charge < -0.3 is 20.1 Å². The normalized spacial score (nSPS) is 16.2. The summed E-state index contributed by atoms with van der Waals surface area (Å²) in [5.41, 5.74) is 0. The van der Waals surface area contributed by atoms with Crippen LogP contribution < -0.4 is 10.1 Å². The van der Waals surface area contributed by atoms with Gasteiger partial charge >= 0.3 is 0 Å². The van der Waals surface area contributed by atoms with E-state index in [1.165, 1.54) is 0 Å². The molecule has 21 heavy (non-hydrogen) atoms. The molecule has 1 aliphatic heterocycles. The van der Waals surface area contributed by atoms with E-state index in [0.717, 1.165) is 38.2 Å². The molecule has 0 spiro atoms. The van der Waals surface area contributed by atoms with E-state index in [0.29, 0.717) is 13.0 Å². The van der Waals surface area contributed by atoms with Crippen LogP contribution in [0.4, 0.5) is 0 Å². The first kappa shape index (κ1) is 15.8. The molecule has 1 saturated heterocycles. The summed E-state index contributed by atoms with van der Waals surface area (Å²) < 4.78 is 5.48. The highest BCUT2D eigenvalue weighted by atomic mass is 16.5. The number of benzene rings is 1. The van der Waals surface area contributed by atoms with Gasteiger partial charge in [0.2, 0.25) is 5.91 Å². The smallest absolute Gasteiger partial charge is 0.222 e. The Balaban J connectivity index is 1.49. The molecule has 1 aromatic rings. The molecule has 1 aliphatic rings. The van der Waals surface area contributed by atoms with E-state index in [1.54, 1.807) is 0 Å². The average molecular weight is 292 g/mol. The molecule has 2 rings (SSSR count). The first-order chi connectivity index (χ1) is 10.3. The third kappa shape index (κ3) is 5.73. The van der Waals surface area contributed by atoms with Crippen molar-refractivity contribution in [2.75, 3.05) is 32.8 Å². The second-order valence-electron chi connectivity index (χ2n) is 5.32. The molecule has 1 atom stereocenters. The molecule has 0 bridgehead atoms. The number of nitrogens with zero attached hydrogens (tertiary/aromatic N) is 1. The number of carbonyl (C=O) groups excluding carboxylic acids is 1. The second-order valence-corrected chi connectivity index (χ2v) is 5.32. The van der Waals surface area contributed by atoms with E-state index in [2.05, 4.69) is 5.32 Å². The van der Waals surface area contributed by atoms with Gasteiger partial charge in [0, 0.05) is 26.1 Å². The molecule has 1 fully saturated rings. The minimum absolute atomic E-state index is 0.270. The minimum Gasteiger partial charge on any atom is -0.491 e. The molecule has 5 nitrogen and oxygen atoms in total. The zero-order valence-corrected chi connectivity index (χ0v) is 12.3. The van der Waals surface area contributed by atoms with Gasteiger partial charge in [-0.25, -0.2) is 0 Å². The van der Waals surface area contributed by atoms with Crippen LogP contribution in [0.25, 0.3) is 0 Å². The Labute approximate surface area is 125 Å². The number of likely N-dealkylation sites (tertiary alicyclic amines) is 1.